The van der Waals surface area contributed by atoms with Crippen LogP contribution in [0.4, 0.5) is 0 Å². The molecule has 0 aromatic carbocycles. The van der Waals surface area contributed by atoms with Gasteiger partial charge >= 0.3 is 0 Å². The van der Waals surface area contributed by atoms with Crippen LogP contribution in [0.5, 0.6) is 0 Å². The monoisotopic (exact) mass is 274 g/mol. The number of hydrogen-bond donors (Lipinski definition) is 2. The van der Waals surface area contributed by atoms with Gasteiger partial charge in [0.15, 0.2) is 0 Å². The molecule has 0 amide bonds. The lowest BCUT2D eigenvalue weighted by Crippen LogP contribution is -2.29. The van der Waals surface area contributed by atoms with Gasteiger partial charge in [-0.2, -0.15) is 5.10 Å². The summed E-state index contributed by atoms with van der Waals surface area (Å²) in [7, 11) is 0. The molecule has 0 radical (unpaired) electrons. The van der Waals surface area contributed by atoms with Crippen LogP contribution in [0.15, 0.2) is 29.0 Å². The highest BCUT2D eigenvalue weighted by Crippen LogP contribution is 2.29. The number of rotatable bonds is 5. The molecule has 1 unspecified atom stereocenters. The van der Waals surface area contributed by atoms with E-state index in [-0.39, 0.29) is 6.04 Å². The largest absolute Gasteiger partial charge is 0.467 e. The lowest BCUT2D eigenvalue weighted by Gasteiger charge is -2.13. The Morgan fingerprint density at radius 1 is 1.45 bits per heavy atom. The summed E-state index contributed by atoms with van der Waals surface area (Å²) < 4.78 is 7.64. The van der Waals surface area contributed by atoms with Crippen molar-refractivity contribution in [2.45, 2.75) is 51.1 Å². The molecule has 1 aliphatic rings. The van der Waals surface area contributed by atoms with Gasteiger partial charge in [0.1, 0.15) is 5.76 Å². The first kappa shape index (κ1) is 13.4. The number of aromatic nitrogens is 2. The fourth-order valence-corrected chi connectivity index (χ4v) is 3.04. The Kier molecular flexibility index (Phi) is 3.89. The minimum atomic E-state index is -0.0306. The van der Waals surface area contributed by atoms with E-state index in [1.54, 1.807) is 6.26 Å². The van der Waals surface area contributed by atoms with E-state index in [0.29, 0.717) is 6.04 Å². The maximum Gasteiger partial charge on any atom is 0.125 e. The number of nitrogens with zero attached hydrogens (tertiary/aromatic N) is 2. The second-order valence-corrected chi connectivity index (χ2v) is 5.62. The molecule has 0 aliphatic heterocycles. The zero-order valence-corrected chi connectivity index (χ0v) is 11.9. The van der Waals surface area contributed by atoms with E-state index < -0.39 is 0 Å². The predicted molar refractivity (Wildman–Crippen MR) is 76.9 cm³/mol. The van der Waals surface area contributed by atoms with Crippen molar-refractivity contribution >= 4 is 0 Å². The maximum absolute atomic E-state index is 5.67. The molecule has 2 aromatic heterocycles. The highest BCUT2D eigenvalue weighted by atomic mass is 16.3. The van der Waals surface area contributed by atoms with Gasteiger partial charge in [-0.1, -0.05) is 12.8 Å². The van der Waals surface area contributed by atoms with Gasteiger partial charge in [0.05, 0.1) is 24.0 Å². The Labute approximate surface area is 119 Å². The molecule has 0 bridgehead atoms. The second kappa shape index (κ2) is 5.81. The first-order valence-electron chi connectivity index (χ1n) is 7.32. The fraction of sp³-hybridized carbons (Fsp3) is 0.533. The van der Waals surface area contributed by atoms with E-state index >= 15 is 0 Å². The molecule has 1 aliphatic carbocycles. The third kappa shape index (κ3) is 2.64. The summed E-state index contributed by atoms with van der Waals surface area (Å²) in [5, 5.41) is 4.70. The van der Waals surface area contributed by atoms with E-state index in [4.69, 9.17) is 15.4 Å². The van der Waals surface area contributed by atoms with E-state index in [9.17, 15) is 0 Å². The molecule has 3 N–H and O–H groups in total. The van der Waals surface area contributed by atoms with Crippen LogP contribution in [0, 0.1) is 6.92 Å². The second-order valence-electron chi connectivity index (χ2n) is 5.62. The van der Waals surface area contributed by atoms with E-state index in [2.05, 4.69) is 22.4 Å². The molecule has 3 rings (SSSR count). The van der Waals surface area contributed by atoms with Crippen molar-refractivity contribution in [3.8, 4) is 0 Å². The summed E-state index contributed by atoms with van der Waals surface area (Å²) in [4.78, 5) is 0. The van der Waals surface area contributed by atoms with E-state index in [1.807, 2.05) is 13.0 Å². The molecular formula is C15H22N4O. The van der Waals surface area contributed by atoms with Crippen molar-refractivity contribution in [2.75, 3.05) is 0 Å². The molecule has 0 spiro atoms. The molecule has 2 aromatic rings. The van der Waals surface area contributed by atoms with E-state index in [0.717, 1.165) is 23.4 Å². The molecule has 5 nitrogen and oxygen atoms in total. The van der Waals surface area contributed by atoms with Crippen LogP contribution in [0.25, 0.3) is 0 Å². The number of nitrogens with one attached hydrogen (secondary N) is 1. The number of aryl methyl sites for hydroxylation is 1. The van der Waals surface area contributed by atoms with Gasteiger partial charge in [-0.25, -0.2) is 5.43 Å². The molecule has 20 heavy (non-hydrogen) atoms. The summed E-state index contributed by atoms with van der Waals surface area (Å²) in [6, 6.07) is 4.59. The van der Waals surface area contributed by atoms with E-state index in [1.165, 1.54) is 25.7 Å². The Hall–Kier alpha value is -1.59. The minimum absolute atomic E-state index is 0.0306. The summed E-state index contributed by atoms with van der Waals surface area (Å²) in [6.45, 7) is 2.03. The summed E-state index contributed by atoms with van der Waals surface area (Å²) in [5.41, 5.74) is 5.00. The Morgan fingerprint density at radius 3 is 2.90 bits per heavy atom. The number of hydrogen-bond acceptors (Lipinski definition) is 4. The quantitative estimate of drug-likeness (QED) is 0.649. The van der Waals surface area contributed by atoms with Gasteiger partial charge in [0.25, 0.3) is 0 Å². The highest BCUT2D eigenvalue weighted by molar-refractivity contribution is 5.20. The van der Waals surface area contributed by atoms with Gasteiger partial charge in [0, 0.05) is 12.6 Å². The molecule has 2 heterocycles. The lowest BCUT2D eigenvalue weighted by molar-refractivity contribution is 0.406. The third-order valence-corrected chi connectivity index (χ3v) is 4.20. The van der Waals surface area contributed by atoms with Gasteiger partial charge in [-0.05, 0) is 37.5 Å². The Bertz CT molecular complexity index is 554. The maximum atomic E-state index is 5.67. The first-order valence-corrected chi connectivity index (χ1v) is 7.32. The Balaban J connectivity index is 1.71. The van der Waals surface area contributed by atoms with Crippen LogP contribution in [0.3, 0.4) is 0 Å². The van der Waals surface area contributed by atoms with Crippen LogP contribution < -0.4 is 11.3 Å². The van der Waals surface area contributed by atoms with Gasteiger partial charge in [0.2, 0.25) is 0 Å². The molecule has 5 heteroatoms. The smallest absolute Gasteiger partial charge is 0.125 e. The molecule has 1 atom stereocenters. The number of hydrazine groups is 1. The average Bonchev–Trinajstić information content (AvgIpc) is 3.17. The van der Waals surface area contributed by atoms with Crippen LogP contribution in [-0.4, -0.2) is 9.78 Å². The zero-order chi connectivity index (χ0) is 13.9. The van der Waals surface area contributed by atoms with Crippen LogP contribution in [0.1, 0.15) is 54.8 Å². The summed E-state index contributed by atoms with van der Waals surface area (Å²) >= 11 is 0. The minimum Gasteiger partial charge on any atom is -0.467 e. The van der Waals surface area contributed by atoms with Gasteiger partial charge in [-0.15, -0.1) is 0 Å². The van der Waals surface area contributed by atoms with Crippen molar-refractivity contribution in [2.24, 2.45) is 5.84 Å². The van der Waals surface area contributed by atoms with Crippen LogP contribution in [-0.2, 0) is 6.42 Å². The molecular weight excluding hydrogens is 252 g/mol. The topological polar surface area (TPSA) is 69.0 Å². The predicted octanol–water partition coefficient (Wildman–Crippen LogP) is 2.65. The van der Waals surface area contributed by atoms with Crippen LogP contribution >= 0.6 is 0 Å². The van der Waals surface area contributed by atoms with Crippen molar-refractivity contribution in [3.05, 3.63) is 41.6 Å². The standard InChI is InChI=1S/C15H22N4O/c1-11-7-9-20-15(11)14(17-16)10-12-6-8-19(18-12)13-4-2-3-5-13/h6-9,13-14,17H,2-5,10,16H2,1H3. The average molecular weight is 274 g/mol. The normalized spacial score (nSPS) is 17.7. The summed E-state index contributed by atoms with van der Waals surface area (Å²) in [5.74, 6) is 6.56. The van der Waals surface area contributed by atoms with Crippen molar-refractivity contribution < 1.29 is 4.42 Å². The van der Waals surface area contributed by atoms with Gasteiger partial charge < -0.3 is 4.42 Å². The third-order valence-electron chi connectivity index (χ3n) is 4.20. The van der Waals surface area contributed by atoms with Crippen molar-refractivity contribution in [1.82, 2.24) is 15.2 Å². The zero-order valence-electron chi connectivity index (χ0n) is 11.9. The molecule has 1 saturated carbocycles. The summed E-state index contributed by atoms with van der Waals surface area (Å²) in [6.07, 6.45) is 9.66. The molecule has 1 fully saturated rings. The van der Waals surface area contributed by atoms with Crippen molar-refractivity contribution in [3.63, 3.8) is 0 Å². The first-order chi connectivity index (χ1) is 9.78. The highest BCUT2D eigenvalue weighted by Gasteiger charge is 2.20. The lowest BCUT2D eigenvalue weighted by atomic mass is 10.1. The van der Waals surface area contributed by atoms with Crippen LogP contribution in [0.2, 0.25) is 0 Å². The van der Waals surface area contributed by atoms with Gasteiger partial charge in [-0.3, -0.25) is 10.5 Å². The molecule has 0 saturated heterocycles. The fourth-order valence-electron chi connectivity index (χ4n) is 3.04. The Morgan fingerprint density at radius 2 is 2.25 bits per heavy atom. The SMILES string of the molecule is Cc1ccoc1C(Cc1ccn(C2CCCC2)n1)NN. The van der Waals surface area contributed by atoms with Crippen molar-refractivity contribution in [1.29, 1.82) is 0 Å². The molecule has 108 valence electrons. The number of furan rings is 1. The number of nitrogens with two attached hydrogens (primary N) is 1.